The van der Waals surface area contributed by atoms with E-state index >= 15 is 0 Å². The fourth-order valence-corrected chi connectivity index (χ4v) is 1.88. The molecule has 0 saturated heterocycles. The van der Waals surface area contributed by atoms with Gasteiger partial charge in [0, 0.05) is 12.6 Å². The van der Waals surface area contributed by atoms with Crippen molar-refractivity contribution in [1.82, 2.24) is 10.0 Å². The molecule has 4 nitrogen and oxygen atoms in total. The van der Waals surface area contributed by atoms with Gasteiger partial charge >= 0.3 is 0 Å². The average Bonchev–Trinajstić information content (AvgIpc) is 2.00. The first kappa shape index (κ1) is 11.9. The number of hydrogen-bond acceptors (Lipinski definition) is 3. The normalized spacial score (nSPS) is 14.6. The maximum atomic E-state index is 11.1. The molecule has 0 aliphatic heterocycles. The van der Waals surface area contributed by atoms with E-state index < -0.39 is 10.0 Å². The van der Waals surface area contributed by atoms with Crippen molar-refractivity contribution in [3.63, 3.8) is 0 Å². The summed E-state index contributed by atoms with van der Waals surface area (Å²) in [4.78, 5) is 0. The highest BCUT2D eigenvalue weighted by Gasteiger charge is 2.08. The van der Waals surface area contributed by atoms with E-state index in [1.807, 2.05) is 13.8 Å². The molecule has 0 amide bonds. The molecule has 0 aromatic carbocycles. The summed E-state index contributed by atoms with van der Waals surface area (Å²) < 4.78 is 24.7. The second-order valence-electron chi connectivity index (χ2n) is 2.86. The van der Waals surface area contributed by atoms with Crippen LogP contribution in [0.1, 0.15) is 20.3 Å². The van der Waals surface area contributed by atoms with Gasteiger partial charge in [-0.25, -0.2) is 13.1 Å². The van der Waals surface area contributed by atoms with Crippen LogP contribution in [0.5, 0.6) is 0 Å². The summed E-state index contributed by atoms with van der Waals surface area (Å²) in [7, 11) is -1.22. The van der Waals surface area contributed by atoms with Crippen molar-refractivity contribution in [1.29, 1.82) is 0 Å². The van der Waals surface area contributed by atoms with E-state index in [0.717, 1.165) is 0 Å². The summed E-state index contributed by atoms with van der Waals surface area (Å²) in [6.07, 6.45) is 0.656. The van der Waals surface area contributed by atoms with Crippen molar-refractivity contribution in [3.05, 3.63) is 0 Å². The van der Waals surface area contributed by atoms with Crippen LogP contribution in [0.2, 0.25) is 0 Å². The molecule has 0 fully saturated rings. The van der Waals surface area contributed by atoms with Gasteiger partial charge in [-0.2, -0.15) is 0 Å². The Morgan fingerprint density at radius 3 is 2.42 bits per heavy atom. The van der Waals surface area contributed by atoms with Gasteiger partial charge in [0.05, 0.1) is 5.75 Å². The van der Waals surface area contributed by atoms with Gasteiger partial charge in [-0.3, -0.25) is 0 Å². The summed E-state index contributed by atoms with van der Waals surface area (Å²) >= 11 is 0. The zero-order chi connectivity index (χ0) is 9.61. The van der Waals surface area contributed by atoms with Crippen LogP contribution in [0.25, 0.3) is 0 Å². The van der Waals surface area contributed by atoms with Crippen LogP contribution in [-0.2, 0) is 10.0 Å². The number of hydrogen-bond donors (Lipinski definition) is 2. The fourth-order valence-electron chi connectivity index (χ4n) is 0.695. The van der Waals surface area contributed by atoms with Gasteiger partial charge in [-0.05, 0) is 20.4 Å². The molecule has 0 bridgehead atoms. The van der Waals surface area contributed by atoms with Gasteiger partial charge in [0.25, 0.3) is 0 Å². The Balaban J connectivity index is 3.76. The van der Waals surface area contributed by atoms with E-state index in [2.05, 4.69) is 10.0 Å². The first-order valence-corrected chi connectivity index (χ1v) is 5.81. The third-order valence-electron chi connectivity index (χ3n) is 1.58. The lowest BCUT2D eigenvalue weighted by atomic mass is 10.4. The molecule has 74 valence electrons. The van der Waals surface area contributed by atoms with Crippen molar-refractivity contribution < 1.29 is 8.42 Å². The molecule has 1 atom stereocenters. The van der Waals surface area contributed by atoms with Gasteiger partial charge in [-0.15, -0.1) is 0 Å². The number of rotatable bonds is 6. The monoisotopic (exact) mass is 194 g/mol. The molecule has 1 unspecified atom stereocenters. The molecular weight excluding hydrogens is 176 g/mol. The second-order valence-corrected chi connectivity index (χ2v) is 4.78. The number of sulfonamides is 1. The van der Waals surface area contributed by atoms with Gasteiger partial charge < -0.3 is 5.32 Å². The lowest BCUT2D eigenvalue weighted by Crippen LogP contribution is -2.38. The van der Waals surface area contributed by atoms with Crippen LogP contribution in [0, 0.1) is 0 Å². The molecule has 12 heavy (non-hydrogen) atoms. The van der Waals surface area contributed by atoms with Crippen LogP contribution in [0.3, 0.4) is 0 Å². The highest BCUT2D eigenvalue weighted by Crippen LogP contribution is 1.88. The zero-order valence-electron chi connectivity index (χ0n) is 7.92. The topological polar surface area (TPSA) is 58.2 Å². The van der Waals surface area contributed by atoms with E-state index in [1.54, 1.807) is 7.05 Å². The van der Waals surface area contributed by atoms with Crippen LogP contribution in [-0.4, -0.2) is 33.8 Å². The molecule has 0 aromatic rings. The first-order chi connectivity index (χ1) is 5.52. The van der Waals surface area contributed by atoms with Gasteiger partial charge in [-0.1, -0.05) is 6.92 Å². The second kappa shape index (κ2) is 5.50. The van der Waals surface area contributed by atoms with Crippen molar-refractivity contribution in [3.8, 4) is 0 Å². The molecule has 0 aliphatic carbocycles. The predicted octanol–water partition coefficient (Wildman–Crippen LogP) is -0.0763. The van der Waals surface area contributed by atoms with Gasteiger partial charge in [0.1, 0.15) is 0 Å². The summed E-state index contributed by atoms with van der Waals surface area (Å²) in [5.74, 6) is 0.212. The lowest BCUT2D eigenvalue weighted by molar-refractivity contribution is 0.553. The third kappa shape index (κ3) is 5.51. The summed E-state index contributed by atoms with van der Waals surface area (Å²) in [5, 5.41) is 2.95. The minimum Gasteiger partial charge on any atom is -0.316 e. The summed E-state index contributed by atoms with van der Waals surface area (Å²) in [6, 6.07) is 0.177. The Labute approximate surface area is 74.8 Å². The highest BCUT2D eigenvalue weighted by molar-refractivity contribution is 7.89. The third-order valence-corrected chi connectivity index (χ3v) is 3.13. The Kier molecular flexibility index (Phi) is 5.44. The quantitative estimate of drug-likeness (QED) is 0.622. The smallest absolute Gasteiger partial charge is 0.211 e. The summed E-state index contributed by atoms with van der Waals surface area (Å²) in [6.45, 7) is 4.23. The SMILES string of the molecule is CCCS(=O)(=O)NCC(C)NC. The molecule has 0 saturated carbocycles. The van der Waals surface area contributed by atoms with E-state index in [-0.39, 0.29) is 11.8 Å². The van der Waals surface area contributed by atoms with E-state index in [0.29, 0.717) is 13.0 Å². The Bertz CT molecular complexity index is 201. The van der Waals surface area contributed by atoms with E-state index in [9.17, 15) is 8.42 Å². The summed E-state index contributed by atoms with van der Waals surface area (Å²) in [5.41, 5.74) is 0. The van der Waals surface area contributed by atoms with E-state index in [4.69, 9.17) is 0 Å². The minimum atomic E-state index is -3.03. The van der Waals surface area contributed by atoms with Crippen molar-refractivity contribution >= 4 is 10.0 Å². The molecule has 0 spiro atoms. The lowest BCUT2D eigenvalue weighted by Gasteiger charge is -2.10. The number of likely N-dealkylation sites (N-methyl/N-ethyl adjacent to an activating group) is 1. The van der Waals surface area contributed by atoms with Crippen molar-refractivity contribution in [2.45, 2.75) is 26.3 Å². The first-order valence-electron chi connectivity index (χ1n) is 4.16. The molecular formula is C7H18N2O2S. The Morgan fingerprint density at radius 1 is 1.42 bits per heavy atom. The maximum Gasteiger partial charge on any atom is 0.211 e. The molecule has 0 rings (SSSR count). The largest absolute Gasteiger partial charge is 0.316 e. The molecule has 0 radical (unpaired) electrons. The Morgan fingerprint density at radius 2 is 2.00 bits per heavy atom. The van der Waals surface area contributed by atoms with E-state index in [1.165, 1.54) is 0 Å². The van der Waals surface area contributed by atoms with Crippen LogP contribution in [0.4, 0.5) is 0 Å². The van der Waals surface area contributed by atoms with Crippen molar-refractivity contribution in [2.75, 3.05) is 19.3 Å². The molecule has 5 heteroatoms. The van der Waals surface area contributed by atoms with Gasteiger partial charge in [0.2, 0.25) is 10.0 Å². The zero-order valence-corrected chi connectivity index (χ0v) is 8.74. The molecule has 0 heterocycles. The van der Waals surface area contributed by atoms with Crippen LogP contribution in [0.15, 0.2) is 0 Å². The minimum absolute atomic E-state index is 0.177. The van der Waals surface area contributed by atoms with Crippen molar-refractivity contribution in [2.24, 2.45) is 0 Å². The molecule has 2 N–H and O–H groups in total. The Hall–Kier alpha value is -0.130. The van der Waals surface area contributed by atoms with Gasteiger partial charge in [0.15, 0.2) is 0 Å². The molecule has 0 aliphatic rings. The fraction of sp³-hybridized carbons (Fsp3) is 1.00. The molecule has 0 aromatic heterocycles. The van der Waals surface area contributed by atoms with Crippen LogP contribution < -0.4 is 10.0 Å². The maximum absolute atomic E-state index is 11.1. The number of nitrogens with one attached hydrogen (secondary N) is 2. The highest BCUT2D eigenvalue weighted by atomic mass is 32.2. The predicted molar refractivity (Wildman–Crippen MR) is 50.6 cm³/mol. The average molecular weight is 194 g/mol. The van der Waals surface area contributed by atoms with Crippen LogP contribution >= 0.6 is 0 Å². The standard InChI is InChI=1S/C7H18N2O2S/c1-4-5-12(10,11)9-6-7(2)8-3/h7-9H,4-6H2,1-3H3.